The van der Waals surface area contributed by atoms with Crippen LogP contribution in [0, 0.1) is 16.0 Å². The van der Waals surface area contributed by atoms with Crippen LogP contribution in [0.4, 0.5) is 45.2 Å². The number of nitro benzene ring substituents is 1. The summed E-state index contributed by atoms with van der Waals surface area (Å²) in [6.45, 7) is 0. The number of ether oxygens (including phenoxy) is 2. The summed E-state index contributed by atoms with van der Waals surface area (Å²) in [5.74, 6) is -10.2. The average Bonchev–Trinajstić information content (AvgIpc) is 2.59. The fourth-order valence-corrected chi connectivity index (χ4v) is 2.45. The van der Waals surface area contributed by atoms with Gasteiger partial charge in [0, 0.05) is 12.1 Å². The molecule has 0 spiro atoms. The monoisotopic (exact) mass is 511 g/mol. The van der Waals surface area contributed by atoms with Crippen molar-refractivity contribution in [1.82, 2.24) is 0 Å². The minimum Gasteiger partial charge on any atom is -0.456 e. The zero-order chi connectivity index (χ0) is 25.4. The first-order valence-electron chi connectivity index (χ1n) is 8.09. The van der Waals surface area contributed by atoms with Gasteiger partial charge in [-0.3, -0.25) is 14.9 Å². The molecule has 0 fully saturated rings. The second-order valence-corrected chi connectivity index (χ2v) is 6.48. The number of nitrogens with zero attached hydrogens (tertiary/aromatic N) is 1. The van der Waals surface area contributed by atoms with Gasteiger partial charge in [-0.25, -0.2) is 0 Å². The minimum absolute atomic E-state index is 0.344. The van der Waals surface area contributed by atoms with E-state index in [1.165, 1.54) is 0 Å². The Morgan fingerprint density at radius 2 is 1.48 bits per heavy atom. The predicted molar refractivity (Wildman–Crippen MR) is 90.9 cm³/mol. The summed E-state index contributed by atoms with van der Waals surface area (Å²) in [4.78, 5) is 21.3. The van der Waals surface area contributed by atoms with Gasteiger partial charge >= 0.3 is 30.2 Å². The number of halogens is 10. The number of benzene rings is 2. The highest BCUT2D eigenvalue weighted by Crippen LogP contribution is 2.42. The molecule has 0 unspecified atom stereocenters. The number of esters is 1. The fourth-order valence-electron chi connectivity index (χ4n) is 2.30. The summed E-state index contributed by atoms with van der Waals surface area (Å²) >= 11 is 5.71. The maximum absolute atomic E-state index is 12.8. The van der Waals surface area contributed by atoms with E-state index in [1.54, 1.807) is 0 Å². The largest absolute Gasteiger partial charge is 0.456 e. The van der Waals surface area contributed by atoms with E-state index in [0.29, 0.717) is 24.3 Å². The molecule has 0 N–H and O–H groups in total. The minimum atomic E-state index is -6.14. The van der Waals surface area contributed by atoms with Crippen LogP contribution in [0.15, 0.2) is 36.4 Å². The molecule has 0 atom stereocenters. The van der Waals surface area contributed by atoms with E-state index in [9.17, 15) is 54.4 Å². The Balaban J connectivity index is 2.46. The molecule has 2 aromatic carbocycles. The highest BCUT2D eigenvalue weighted by atomic mass is 35.5. The normalized spacial score (nSPS) is 12.6. The van der Waals surface area contributed by atoms with Gasteiger partial charge in [-0.15, -0.1) is 0 Å². The molecule has 0 aliphatic heterocycles. The lowest BCUT2D eigenvalue weighted by Crippen LogP contribution is -2.44. The average molecular weight is 512 g/mol. The Bertz CT molecular complexity index is 1050. The van der Waals surface area contributed by atoms with Gasteiger partial charge in [-0.2, -0.15) is 39.5 Å². The number of carbonyl (C=O) groups excluding carboxylic acids is 1. The number of hydrogen-bond acceptors (Lipinski definition) is 5. The quantitative estimate of drug-likeness (QED) is 0.147. The van der Waals surface area contributed by atoms with Gasteiger partial charge < -0.3 is 9.47 Å². The summed E-state index contributed by atoms with van der Waals surface area (Å²) in [6, 6.07) is 3.35. The number of carbonyl (C=O) groups is 1. The fraction of sp³-hybridized carbons (Fsp3) is 0.235. The third-order valence-corrected chi connectivity index (χ3v) is 4.03. The molecule has 2 rings (SSSR count). The van der Waals surface area contributed by atoms with Crippen molar-refractivity contribution in [3.8, 4) is 17.2 Å². The third-order valence-electron chi connectivity index (χ3n) is 3.72. The first-order valence-corrected chi connectivity index (χ1v) is 8.47. The predicted octanol–water partition coefficient (Wildman–Crippen LogP) is 6.71. The van der Waals surface area contributed by atoms with Gasteiger partial charge in [-0.05, 0) is 24.3 Å². The topological polar surface area (TPSA) is 78.7 Å². The molecule has 0 saturated heterocycles. The van der Waals surface area contributed by atoms with E-state index in [0.717, 1.165) is 12.1 Å². The van der Waals surface area contributed by atoms with Crippen molar-refractivity contribution < 1.29 is 58.7 Å². The Kier molecular flexibility index (Phi) is 7.06. The molecule has 33 heavy (non-hydrogen) atoms. The van der Waals surface area contributed by atoms with Crippen LogP contribution in [-0.2, 0) is 11.0 Å². The lowest BCUT2D eigenvalue weighted by molar-refractivity contribution is -0.385. The summed E-state index contributed by atoms with van der Waals surface area (Å²) < 4.78 is 124. The highest BCUT2D eigenvalue weighted by Gasteiger charge is 2.62. The van der Waals surface area contributed by atoms with Gasteiger partial charge in [-0.1, -0.05) is 11.6 Å². The van der Waals surface area contributed by atoms with E-state index in [1.807, 2.05) is 0 Å². The van der Waals surface area contributed by atoms with E-state index >= 15 is 0 Å². The SMILES string of the molecule is O=C(Oc1cc(Oc2cc(C(F)(F)F)ccc2Cl)ccc1[N+](=O)[O-])C(C(F)(F)F)C(F)(F)F. The van der Waals surface area contributed by atoms with E-state index in [2.05, 4.69) is 4.74 Å². The van der Waals surface area contributed by atoms with Crippen molar-refractivity contribution in [1.29, 1.82) is 0 Å². The summed E-state index contributed by atoms with van der Waals surface area (Å²) in [7, 11) is 0. The molecule has 6 nitrogen and oxygen atoms in total. The van der Waals surface area contributed by atoms with Crippen LogP contribution in [0.5, 0.6) is 17.2 Å². The third kappa shape index (κ3) is 6.40. The molecule has 0 radical (unpaired) electrons. The van der Waals surface area contributed by atoms with E-state index in [-0.39, 0.29) is 0 Å². The maximum atomic E-state index is 12.8. The van der Waals surface area contributed by atoms with Crippen LogP contribution >= 0.6 is 11.6 Å². The van der Waals surface area contributed by atoms with Crippen LogP contribution in [0.1, 0.15) is 5.56 Å². The van der Waals surface area contributed by atoms with Crippen molar-refractivity contribution >= 4 is 23.3 Å². The van der Waals surface area contributed by atoms with Crippen molar-refractivity contribution in [2.24, 2.45) is 5.92 Å². The molecule has 0 aliphatic carbocycles. The molecular formula is C17H7ClF9NO5. The molecule has 2 aromatic rings. The number of hydrogen-bond donors (Lipinski definition) is 0. The molecule has 16 heteroatoms. The summed E-state index contributed by atoms with van der Waals surface area (Å²) in [5.41, 5.74) is -2.46. The molecular weight excluding hydrogens is 505 g/mol. The molecule has 0 aliphatic rings. The molecule has 0 heterocycles. The van der Waals surface area contributed by atoms with Crippen LogP contribution in [0.3, 0.4) is 0 Å². The molecule has 0 bridgehead atoms. The number of nitro groups is 1. The second kappa shape index (κ2) is 8.96. The zero-order valence-electron chi connectivity index (χ0n) is 15.3. The van der Waals surface area contributed by atoms with Crippen molar-refractivity contribution in [3.63, 3.8) is 0 Å². The van der Waals surface area contributed by atoms with Crippen molar-refractivity contribution in [3.05, 3.63) is 57.1 Å². The van der Waals surface area contributed by atoms with Crippen LogP contribution < -0.4 is 9.47 Å². The molecule has 0 aromatic heterocycles. The lowest BCUT2D eigenvalue weighted by atomic mass is 10.1. The highest BCUT2D eigenvalue weighted by molar-refractivity contribution is 6.32. The standard InChI is InChI=1S/C17H7ClF9NO5/c18-9-3-1-7(15(19,20)21)5-11(9)32-8-2-4-10(28(30)31)12(6-8)33-14(29)13(16(22,23)24)17(25,26)27/h1-6,13H. The first kappa shape index (κ1) is 26.0. The molecule has 0 amide bonds. The van der Waals surface area contributed by atoms with Crippen LogP contribution in [0.25, 0.3) is 0 Å². The Morgan fingerprint density at radius 3 is 1.97 bits per heavy atom. The number of rotatable bonds is 5. The maximum Gasteiger partial charge on any atom is 0.416 e. The number of alkyl halides is 9. The molecule has 180 valence electrons. The Morgan fingerprint density at radius 1 is 0.909 bits per heavy atom. The summed E-state index contributed by atoms with van der Waals surface area (Å²) in [5, 5.41) is 10.6. The van der Waals surface area contributed by atoms with Gasteiger partial charge in [0.25, 0.3) is 0 Å². The van der Waals surface area contributed by atoms with Gasteiger partial charge in [0.2, 0.25) is 11.7 Å². The first-order chi connectivity index (χ1) is 14.9. The lowest BCUT2D eigenvalue weighted by Gasteiger charge is -2.21. The van der Waals surface area contributed by atoms with Crippen molar-refractivity contribution in [2.75, 3.05) is 0 Å². The van der Waals surface area contributed by atoms with Gasteiger partial charge in [0.1, 0.15) is 11.5 Å². The molecule has 0 saturated carbocycles. The zero-order valence-corrected chi connectivity index (χ0v) is 16.1. The Hall–Kier alpha value is -3.23. The van der Waals surface area contributed by atoms with Crippen molar-refractivity contribution in [2.45, 2.75) is 18.5 Å². The Labute approximate surface area is 181 Å². The smallest absolute Gasteiger partial charge is 0.416 e. The van der Waals surface area contributed by atoms with E-state index in [4.69, 9.17) is 16.3 Å². The second-order valence-electron chi connectivity index (χ2n) is 6.07. The van der Waals surface area contributed by atoms with Gasteiger partial charge in [0.05, 0.1) is 15.5 Å². The van der Waals surface area contributed by atoms with Gasteiger partial charge in [0.15, 0.2) is 0 Å². The van der Waals surface area contributed by atoms with Crippen LogP contribution in [0.2, 0.25) is 5.02 Å². The van der Waals surface area contributed by atoms with Crippen LogP contribution in [-0.4, -0.2) is 23.2 Å². The van der Waals surface area contributed by atoms with E-state index < -0.39 is 68.9 Å². The summed E-state index contributed by atoms with van der Waals surface area (Å²) in [6.07, 6.45) is -17.1.